The second kappa shape index (κ2) is 7.47. The maximum Gasteiger partial charge on any atom is 0.328 e. The molecule has 1 aromatic carbocycles. The summed E-state index contributed by atoms with van der Waals surface area (Å²) < 4.78 is 0. The third-order valence-corrected chi connectivity index (χ3v) is 3.33. The highest BCUT2D eigenvalue weighted by Gasteiger charge is 2.20. The zero-order chi connectivity index (χ0) is 15.1. The van der Waals surface area contributed by atoms with Gasteiger partial charge in [-0.15, -0.1) is 0 Å². The summed E-state index contributed by atoms with van der Waals surface area (Å²) in [7, 11) is 0. The van der Waals surface area contributed by atoms with Crippen LogP contribution in [-0.4, -0.2) is 23.7 Å². The predicted octanol–water partition coefficient (Wildman–Crippen LogP) is 3.10. The molecule has 0 radical (unpaired) electrons. The second-order valence-corrected chi connectivity index (χ2v) is 5.26. The van der Waals surface area contributed by atoms with Crippen LogP contribution in [0.4, 0.5) is 10.5 Å². The summed E-state index contributed by atoms with van der Waals surface area (Å²) in [5, 5.41) is 14.2. The second-order valence-electron chi connectivity index (χ2n) is 5.26. The lowest BCUT2D eigenvalue weighted by molar-refractivity contribution is -0.131. The van der Waals surface area contributed by atoms with Crippen LogP contribution < -0.4 is 10.6 Å². The predicted molar refractivity (Wildman–Crippen MR) is 82.1 cm³/mol. The molecule has 0 aliphatic heterocycles. The minimum Gasteiger partial charge on any atom is -0.478 e. The number of amides is 2. The Bertz CT molecular complexity index is 536. The van der Waals surface area contributed by atoms with Gasteiger partial charge in [-0.05, 0) is 42.5 Å². The first-order valence-corrected chi connectivity index (χ1v) is 7.19. The van der Waals surface area contributed by atoms with E-state index < -0.39 is 5.97 Å². The molecule has 0 unspecified atom stereocenters. The lowest BCUT2D eigenvalue weighted by atomic mass is 10.2. The van der Waals surface area contributed by atoms with Gasteiger partial charge in [-0.3, -0.25) is 0 Å². The largest absolute Gasteiger partial charge is 0.478 e. The lowest BCUT2D eigenvalue weighted by Crippen LogP contribution is -2.29. The molecule has 1 aromatic rings. The molecule has 0 bridgehead atoms. The van der Waals surface area contributed by atoms with E-state index in [9.17, 15) is 9.59 Å². The van der Waals surface area contributed by atoms with E-state index in [4.69, 9.17) is 5.11 Å². The number of carboxylic acid groups (broad SMARTS) is 1. The summed E-state index contributed by atoms with van der Waals surface area (Å²) >= 11 is 0. The SMILES string of the molecule is O=C(O)/C=C/c1cccc(NC(=O)NCCCC2CC2)c1. The van der Waals surface area contributed by atoms with E-state index in [-0.39, 0.29) is 6.03 Å². The average Bonchev–Trinajstić information content (AvgIpc) is 3.26. The molecule has 1 aliphatic rings. The fourth-order valence-electron chi connectivity index (χ4n) is 2.06. The van der Waals surface area contributed by atoms with Crippen LogP contribution in [0.15, 0.2) is 30.3 Å². The minimum atomic E-state index is -0.998. The fourth-order valence-corrected chi connectivity index (χ4v) is 2.06. The molecule has 2 amide bonds. The van der Waals surface area contributed by atoms with Gasteiger partial charge in [-0.2, -0.15) is 0 Å². The molecule has 0 saturated heterocycles. The number of hydrogen-bond acceptors (Lipinski definition) is 2. The number of rotatable bonds is 7. The molecule has 0 heterocycles. The normalized spacial score (nSPS) is 14.1. The van der Waals surface area contributed by atoms with Crippen molar-refractivity contribution in [1.29, 1.82) is 0 Å². The van der Waals surface area contributed by atoms with E-state index in [1.807, 2.05) is 0 Å². The Balaban J connectivity index is 1.76. The molecule has 112 valence electrons. The van der Waals surface area contributed by atoms with E-state index in [0.29, 0.717) is 12.2 Å². The Labute approximate surface area is 124 Å². The number of carbonyl (C=O) groups excluding carboxylic acids is 1. The highest BCUT2D eigenvalue weighted by molar-refractivity contribution is 5.90. The van der Waals surface area contributed by atoms with E-state index in [0.717, 1.165) is 24.0 Å². The Hall–Kier alpha value is -2.30. The number of urea groups is 1. The molecule has 1 fully saturated rings. The maximum absolute atomic E-state index is 11.7. The van der Waals surface area contributed by atoms with Crippen molar-refractivity contribution in [3.8, 4) is 0 Å². The molecule has 5 nitrogen and oxygen atoms in total. The monoisotopic (exact) mass is 288 g/mol. The van der Waals surface area contributed by atoms with Crippen molar-refractivity contribution < 1.29 is 14.7 Å². The molecular weight excluding hydrogens is 268 g/mol. The molecule has 2 rings (SSSR count). The van der Waals surface area contributed by atoms with E-state index in [1.54, 1.807) is 24.3 Å². The maximum atomic E-state index is 11.7. The first-order valence-electron chi connectivity index (χ1n) is 7.19. The van der Waals surface area contributed by atoms with Crippen molar-refractivity contribution in [2.24, 2.45) is 5.92 Å². The third kappa shape index (κ3) is 6.12. The van der Waals surface area contributed by atoms with Crippen molar-refractivity contribution in [2.45, 2.75) is 25.7 Å². The van der Waals surface area contributed by atoms with E-state index >= 15 is 0 Å². The summed E-state index contributed by atoms with van der Waals surface area (Å²) in [4.78, 5) is 22.2. The number of nitrogens with one attached hydrogen (secondary N) is 2. The molecule has 1 saturated carbocycles. The van der Waals surface area contributed by atoms with Gasteiger partial charge < -0.3 is 15.7 Å². The van der Waals surface area contributed by atoms with Gasteiger partial charge in [0, 0.05) is 18.3 Å². The minimum absolute atomic E-state index is 0.231. The molecule has 1 aliphatic carbocycles. The smallest absolute Gasteiger partial charge is 0.328 e. The summed E-state index contributed by atoms with van der Waals surface area (Å²) in [6.07, 6.45) is 7.43. The average molecular weight is 288 g/mol. The summed E-state index contributed by atoms with van der Waals surface area (Å²) in [5.74, 6) is -0.116. The van der Waals surface area contributed by atoms with Gasteiger partial charge in [0.25, 0.3) is 0 Å². The highest BCUT2D eigenvalue weighted by Crippen LogP contribution is 2.33. The molecule has 0 aromatic heterocycles. The number of carbonyl (C=O) groups is 2. The van der Waals surface area contributed by atoms with Crippen LogP contribution in [0, 0.1) is 5.92 Å². The quantitative estimate of drug-likeness (QED) is 0.533. The molecule has 0 atom stereocenters. The first-order chi connectivity index (χ1) is 10.1. The highest BCUT2D eigenvalue weighted by atomic mass is 16.4. The lowest BCUT2D eigenvalue weighted by Gasteiger charge is -2.08. The Morgan fingerprint density at radius 2 is 2.14 bits per heavy atom. The van der Waals surface area contributed by atoms with Crippen LogP contribution in [0.25, 0.3) is 6.08 Å². The van der Waals surface area contributed by atoms with E-state index in [1.165, 1.54) is 25.3 Å². The molecule has 0 spiro atoms. The van der Waals surface area contributed by atoms with Gasteiger partial charge >= 0.3 is 12.0 Å². The number of aliphatic carboxylic acids is 1. The summed E-state index contributed by atoms with van der Waals surface area (Å²) in [5.41, 5.74) is 1.37. The topological polar surface area (TPSA) is 78.4 Å². The van der Waals surface area contributed by atoms with Gasteiger partial charge in [0.2, 0.25) is 0 Å². The first kappa shape index (κ1) is 15.1. The van der Waals surface area contributed by atoms with Gasteiger partial charge in [0.15, 0.2) is 0 Å². The van der Waals surface area contributed by atoms with Crippen LogP contribution in [0.1, 0.15) is 31.2 Å². The van der Waals surface area contributed by atoms with Crippen molar-refractivity contribution in [3.05, 3.63) is 35.9 Å². The fraction of sp³-hybridized carbons (Fsp3) is 0.375. The van der Waals surface area contributed by atoms with Gasteiger partial charge in [0.1, 0.15) is 0 Å². The third-order valence-electron chi connectivity index (χ3n) is 3.33. The molecule has 3 N–H and O–H groups in total. The molecule has 21 heavy (non-hydrogen) atoms. The van der Waals surface area contributed by atoms with Crippen molar-refractivity contribution >= 4 is 23.8 Å². The van der Waals surface area contributed by atoms with Crippen molar-refractivity contribution in [1.82, 2.24) is 5.32 Å². The zero-order valence-corrected chi connectivity index (χ0v) is 11.8. The van der Waals surface area contributed by atoms with E-state index in [2.05, 4.69) is 10.6 Å². The van der Waals surface area contributed by atoms with Gasteiger partial charge in [-0.1, -0.05) is 25.0 Å². The number of carboxylic acids is 1. The van der Waals surface area contributed by atoms with Crippen LogP contribution >= 0.6 is 0 Å². The number of benzene rings is 1. The number of anilines is 1. The van der Waals surface area contributed by atoms with Crippen LogP contribution in [0.2, 0.25) is 0 Å². The van der Waals surface area contributed by atoms with Crippen molar-refractivity contribution in [3.63, 3.8) is 0 Å². The zero-order valence-electron chi connectivity index (χ0n) is 11.8. The number of hydrogen-bond donors (Lipinski definition) is 3. The Morgan fingerprint density at radius 3 is 2.86 bits per heavy atom. The standard InChI is InChI=1S/C16H20N2O3/c19-15(20)9-8-13-3-1-5-14(11-13)18-16(21)17-10-2-4-12-6-7-12/h1,3,5,8-9,11-12H,2,4,6-7,10H2,(H,19,20)(H2,17,18,21)/b9-8+. The van der Waals surface area contributed by atoms with Gasteiger partial charge in [-0.25, -0.2) is 9.59 Å². The summed E-state index contributed by atoms with van der Waals surface area (Å²) in [6, 6.07) is 6.80. The van der Waals surface area contributed by atoms with Gasteiger partial charge in [0.05, 0.1) is 0 Å². The van der Waals surface area contributed by atoms with Crippen LogP contribution in [0.3, 0.4) is 0 Å². The van der Waals surface area contributed by atoms with Crippen LogP contribution in [0.5, 0.6) is 0 Å². The van der Waals surface area contributed by atoms with Crippen LogP contribution in [-0.2, 0) is 4.79 Å². The Morgan fingerprint density at radius 1 is 1.33 bits per heavy atom. The molecule has 5 heteroatoms. The molecular formula is C16H20N2O3. The van der Waals surface area contributed by atoms with Crippen molar-refractivity contribution in [2.75, 3.05) is 11.9 Å². The Kier molecular flexibility index (Phi) is 5.37. The summed E-state index contributed by atoms with van der Waals surface area (Å²) in [6.45, 7) is 0.681.